The fourth-order valence-corrected chi connectivity index (χ4v) is 4.87. The van der Waals surface area contributed by atoms with Crippen LogP contribution >= 0.6 is 0 Å². The molecule has 1 aliphatic heterocycles. The zero-order valence-electron chi connectivity index (χ0n) is 23.2. The number of benzene rings is 3. The summed E-state index contributed by atoms with van der Waals surface area (Å²) in [6.45, 7) is 4.54. The van der Waals surface area contributed by atoms with Gasteiger partial charge >= 0.3 is 6.03 Å². The number of amides is 4. The minimum absolute atomic E-state index is 0.148. The number of piperazine rings is 1. The van der Waals surface area contributed by atoms with Crippen molar-refractivity contribution < 1.29 is 18.8 Å². The van der Waals surface area contributed by atoms with Gasteiger partial charge in [0, 0.05) is 56.8 Å². The van der Waals surface area contributed by atoms with E-state index in [2.05, 4.69) is 15.5 Å². The summed E-state index contributed by atoms with van der Waals surface area (Å²) in [4.78, 5) is 44.8. The molecule has 3 aromatic carbocycles. The number of hydrogen-bond donors (Lipinski definition) is 2. The second-order valence-electron chi connectivity index (χ2n) is 10.1. The normalized spacial score (nSPS) is 13.0. The molecule has 9 nitrogen and oxygen atoms in total. The second-order valence-corrected chi connectivity index (χ2v) is 10.1. The van der Waals surface area contributed by atoms with E-state index in [1.54, 1.807) is 41.1 Å². The van der Waals surface area contributed by atoms with Gasteiger partial charge in [-0.25, -0.2) is 4.79 Å². The smallest absolute Gasteiger partial charge is 0.321 e. The van der Waals surface area contributed by atoms with Gasteiger partial charge in [-0.2, -0.15) is 0 Å². The van der Waals surface area contributed by atoms with E-state index in [1.807, 2.05) is 67.6 Å². The number of nitrogens with zero attached hydrogens (tertiary/aromatic N) is 3. The van der Waals surface area contributed by atoms with Gasteiger partial charge in [0.15, 0.2) is 5.76 Å². The van der Waals surface area contributed by atoms with Crippen LogP contribution in [0.4, 0.5) is 21.9 Å². The Morgan fingerprint density at radius 2 is 1.59 bits per heavy atom. The molecule has 41 heavy (non-hydrogen) atoms. The molecule has 0 saturated carbocycles. The Morgan fingerprint density at radius 3 is 2.29 bits per heavy atom. The van der Waals surface area contributed by atoms with Crippen LogP contribution in [0, 0.1) is 6.92 Å². The standard InChI is InChI=1S/C32H33N5O4/c1-23-8-6-11-25(20-23)34-32(40)37-17-15-36(16-18-37)28-14-13-26(33-30(38)29-12-7-19-41-29)21-27(28)31(39)35(2)22-24-9-4-3-5-10-24/h3-14,19-21H,15-18,22H2,1-2H3,(H,33,38)(H,34,40). The Bertz CT molecular complexity index is 1510. The van der Waals surface area contributed by atoms with Crippen LogP contribution in [0.3, 0.4) is 0 Å². The number of carbonyl (C=O) groups excluding carboxylic acids is 3. The summed E-state index contributed by atoms with van der Waals surface area (Å²) in [5.41, 5.74) is 4.57. The zero-order chi connectivity index (χ0) is 28.8. The van der Waals surface area contributed by atoms with Crippen LogP contribution in [0.2, 0.25) is 0 Å². The number of hydrogen-bond acceptors (Lipinski definition) is 5. The molecule has 2 N–H and O–H groups in total. The number of furan rings is 1. The second kappa shape index (κ2) is 12.4. The van der Waals surface area contributed by atoms with E-state index in [0.717, 1.165) is 22.5 Å². The predicted octanol–water partition coefficient (Wildman–Crippen LogP) is 5.47. The van der Waals surface area contributed by atoms with E-state index < -0.39 is 5.91 Å². The van der Waals surface area contributed by atoms with Gasteiger partial charge in [0.25, 0.3) is 11.8 Å². The molecule has 1 fully saturated rings. The van der Waals surface area contributed by atoms with Gasteiger partial charge in [-0.15, -0.1) is 0 Å². The van der Waals surface area contributed by atoms with Gasteiger partial charge < -0.3 is 29.8 Å². The molecule has 9 heteroatoms. The number of aryl methyl sites for hydroxylation is 1. The zero-order valence-corrected chi connectivity index (χ0v) is 23.2. The SMILES string of the molecule is Cc1cccc(NC(=O)N2CCN(c3ccc(NC(=O)c4ccco4)cc3C(=O)N(C)Cc3ccccc3)CC2)c1. The molecule has 1 saturated heterocycles. The van der Waals surface area contributed by atoms with Crippen LogP contribution in [0.5, 0.6) is 0 Å². The molecule has 1 aromatic heterocycles. The van der Waals surface area contributed by atoms with Crippen molar-refractivity contribution in [1.29, 1.82) is 0 Å². The van der Waals surface area contributed by atoms with E-state index in [1.165, 1.54) is 6.26 Å². The molecule has 0 spiro atoms. The highest BCUT2D eigenvalue weighted by Crippen LogP contribution is 2.28. The van der Waals surface area contributed by atoms with Crippen LogP contribution in [0.15, 0.2) is 95.6 Å². The maximum atomic E-state index is 13.8. The van der Waals surface area contributed by atoms with E-state index in [0.29, 0.717) is 44.0 Å². The third-order valence-electron chi connectivity index (χ3n) is 7.02. The molecular formula is C32H33N5O4. The lowest BCUT2D eigenvalue weighted by atomic mass is 10.1. The molecule has 0 unspecified atom stereocenters. The monoisotopic (exact) mass is 551 g/mol. The quantitative estimate of drug-likeness (QED) is 0.318. The number of carbonyl (C=O) groups is 3. The fourth-order valence-electron chi connectivity index (χ4n) is 4.87. The molecule has 4 amide bonds. The average molecular weight is 552 g/mol. The minimum atomic E-state index is -0.396. The van der Waals surface area contributed by atoms with Gasteiger partial charge in [-0.1, -0.05) is 42.5 Å². The molecule has 4 aromatic rings. The Morgan fingerprint density at radius 1 is 0.829 bits per heavy atom. The topological polar surface area (TPSA) is 98.1 Å². The Labute approximate surface area is 239 Å². The Balaban J connectivity index is 1.33. The molecule has 5 rings (SSSR count). The largest absolute Gasteiger partial charge is 0.459 e. The minimum Gasteiger partial charge on any atom is -0.459 e. The van der Waals surface area contributed by atoms with Gasteiger partial charge in [0.05, 0.1) is 11.8 Å². The summed E-state index contributed by atoms with van der Waals surface area (Å²) >= 11 is 0. The highest BCUT2D eigenvalue weighted by atomic mass is 16.3. The first-order valence-electron chi connectivity index (χ1n) is 13.5. The van der Waals surface area contributed by atoms with E-state index >= 15 is 0 Å². The lowest BCUT2D eigenvalue weighted by Crippen LogP contribution is -2.50. The first-order chi connectivity index (χ1) is 19.9. The fraction of sp³-hybridized carbons (Fsp3) is 0.219. The number of anilines is 3. The summed E-state index contributed by atoms with van der Waals surface area (Å²) in [6.07, 6.45) is 1.44. The highest BCUT2D eigenvalue weighted by molar-refractivity contribution is 6.05. The molecule has 0 atom stereocenters. The summed E-state index contributed by atoms with van der Waals surface area (Å²) in [6, 6.07) is 25.9. The summed E-state index contributed by atoms with van der Waals surface area (Å²) in [5.74, 6) is -0.382. The van der Waals surface area contributed by atoms with Crippen molar-refractivity contribution in [1.82, 2.24) is 9.80 Å². The molecule has 0 bridgehead atoms. The Kier molecular flexibility index (Phi) is 8.34. The Hall–Kier alpha value is -5.05. The van der Waals surface area contributed by atoms with Crippen LogP contribution in [0.1, 0.15) is 32.0 Å². The highest BCUT2D eigenvalue weighted by Gasteiger charge is 2.26. The van der Waals surface area contributed by atoms with Crippen molar-refractivity contribution in [3.63, 3.8) is 0 Å². The van der Waals surface area contributed by atoms with Crippen molar-refractivity contribution in [2.45, 2.75) is 13.5 Å². The molecule has 2 heterocycles. The molecule has 0 radical (unpaired) electrons. The van der Waals surface area contributed by atoms with Crippen molar-refractivity contribution in [2.75, 3.05) is 48.8 Å². The average Bonchev–Trinajstić information content (AvgIpc) is 3.53. The lowest BCUT2D eigenvalue weighted by Gasteiger charge is -2.37. The van der Waals surface area contributed by atoms with Crippen molar-refractivity contribution >= 4 is 34.9 Å². The van der Waals surface area contributed by atoms with E-state index in [9.17, 15) is 14.4 Å². The van der Waals surface area contributed by atoms with Gasteiger partial charge in [-0.3, -0.25) is 9.59 Å². The van der Waals surface area contributed by atoms with Gasteiger partial charge in [0.1, 0.15) is 0 Å². The maximum Gasteiger partial charge on any atom is 0.321 e. The lowest BCUT2D eigenvalue weighted by molar-refractivity contribution is 0.0785. The molecule has 1 aliphatic rings. The number of urea groups is 1. The van der Waals surface area contributed by atoms with Crippen molar-refractivity contribution in [2.24, 2.45) is 0 Å². The summed E-state index contributed by atoms with van der Waals surface area (Å²) < 4.78 is 5.21. The van der Waals surface area contributed by atoms with Crippen LogP contribution in [0.25, 0.3) is 0 Å². The number of rotatable bonds is 7. The van der Waals surface area contributed by atoms with E-state index in [-0.39, 0.29) is 17.7 Å². The molecule has 0 aliphatic carbocycles. The maximum absolute atomic E-state index is 13.8. The molecular weight excluding hydrogens is 518 g/mol. The first kappa shape index (κ1) is 27.5. The predicted molar refractivity (Wildman–Crippen MR) is 159 cm³/mol. The van der Waals surface area contributed by atoms with Gasteiger partial charge in [0.2, 0.25) is 0 Å². The number of nitrogens with one attached hydrogen (secondary N) is 2. The van der Waals surface area contributed by atoms with Gasteiger partial charge in [-0.05, 0) is 60.5 Å². The van der Waals surface area contributed by atoms with Crippen molar-refractivity contribution in [3.05, 3.63) is 114 Å². The third-order valence-corrected chi connectivity index (χ3v) is 7.02. The third kappa shape index (κ3) is 6.75. The van der Waals surface area contributed by atoms with Crippen LogP contribution < -0.4 is 15.5 Å². The van der Waals surface area contributed by atoms with Crippen LogP contribution in [-0.2, 0) is 6.54 Å². The first-order valence-corrected chi connectivity index (χ1v) is 13.5. The van der Waals surface area contributed by atoms with Crippen molar-refractivity contribution in [3.8, 4) is 0 Å². The summed E-state index contributed by atoms with van der Waals surface area (Å²) in [5, 5.41) is 5.80. The van der Waals surface area contributed by atoms with E-state index in [4.69, 9.17) is 4.42 Å². The van der Waals surface area contributed by atoms with Crippen LogP contribution in [-0.4, -0.2) is 60.9 Å². The molecule has 210 valence electrons. The summed E-state index contributed by atoms with van der Waals surface area (Å²) in [7, 11) is 1.76.